The van der Waals surface area contributed by atoms with E-state index in [9.17, 15) is 14.0 Å². The van der Waals surface area contributed by atoms with Gasteiger partial charge in [0, 0.05) is 3.57 Å². The van der Waals surface area contributed by atoms with Crippen LogP contribution in [0.3, 0.4) is 0 Å². The number of ether oxygens (including phenoxy) is 2. The number of amides is 2. The van der Waals surface area contributed by atoms with E-state index in [0.29, 0.717) is 17.3 Å². The lowest BCUT2D eigenvalue weighted by atomic mass is 10.2. The van der Waals surface area contributed by atoms with Crippen LogP contribution >= 0.6 is 34.4 Å². The van der Waals surface area contributed by atoms with E-state index in [4.69, 9.17) is 9.47 Å². The highest BCUT2D eigenvalue weighted by Gasteiger charge is 2.34. The van der Waals surface area contributed by atoms with Gasteiger partial charge in [-0.25, -0.2) is 4.39 Å². The average Bonchev–Trinajstić information content (AvgIpc) is 3.08. The predicted molar refractivity (Wildman–Crippen MR) is 135 cm³/mol. The van der Waals surface area contributed by atoms with Gasteiger partial charge in [-0.2, -0.15) is 0 Å². The van der Waals surface area contributed by atoms with Crippen LogP contribution in [0.4, 0.5) is 9.18 Å². The highest BCUT2D eigenvalue weighted by Crippen LogP contribution is 2.32. The molecule has 0 bridgehead atoms. The van der Waals surface area contributed by atoms with Gasteiger partial charge in [-0.3, -0.25) is 14.5 Å². The molecule has 8 heteroatoms. The van der Waals surface area contributed by atoms with E-state index < -0.39 is 0 Å². The summed E-state index contributed by atoms with van der Waals surface area (Å²) in [4.78, 5) is 26.4. The molecule has 168 valence electrons. The van der Waals surface area contributed by atoms with Crippen molar-refractivity contribution < 1.29 is 23.5 Å². The molecule has 1 aliphatic rings. The molecule has 1 fully saturated rings. The Morgan fingerprint density at radius 2 is 1.52 bits per heavy atom. The summed E-state index contributed by atoms with van der Waals surface area (Å²) >= 11 is 3.16. The van der Waals surface area contributed by atoms with Gasteiger partial charge in [0.2, 0.25) is 0 Å². The normalized spacial score (nSPS) is 14.7. The minimum atomic E-state index is -0.357. The second-order valence-electron chi connectivity index (χ2n) is 7.12. The standard InChI is InChI=1S/C25H19FINO4S/c26-19-5-11-21(12-6-19)31-14-13-28-24(29)23(33-25(28)30)15-17-3-9-22(10-4-17)32-16-18-1-7-20(27)8-2-18/h1-12,15H,13-14,16H2/b23-15-. The molecule has 4 rings (SSSR count). The zero-order valence-corrected chi connectivity index (χ0v) is 20.3. The average molecular weight is 575 g/mol. The van der Waals surface area contributed by atoms with E-state index in [-0.39, 0.29) is 30.1 Å². The SMILES string of the molecule is O=C1S/C(=C\c2ccc(OCc3ccc(I)cc3)cc2)C(=O)N1CCOc1ccc(F)cc1. The first-order chi connectivity index (χ1) is 16.0. The van der Waals surface area contributed by atoms with Crippen molar-refractivity contribution in [2.24, 2.45) is 0 Å². The van der Waals surface area contributed by atoms with Gasteiger partial charge in [-0.05, 0) is 100 Å². The highest BCUT2D eigenvalue weighted by atomic mass is 127. The van der Waals surface area contributed by atoms with E-state index in [2.05, 4.69) is 22.6 Å². The minimum absolute atomic E-state index is 0.116. The molecule has 33 heavy (non-hydrogen) atoms. The third-order valence-corrected chi connectivity index (χ3v) is 6.39. The number of hydrogen-bond acceptors (Lipinski definition) is 5. The number of carbonyl (C=O) groups is 2. The molecular formula is C25H19FINO4S. The van der Waals surface area contributed by atoms with Crippen LogP contribution < -0.4 is 9.47 Å². The van der Waals surface area contributed by atoms with Gasteiger partial charge in [0.25, 0.3) is 11.1 Å². The van der Waals surface area contributed by atoms with Crippen molar-refractivity contribution in [3.63, 3.8) is 0 Å². The van der Waals surface area contributed by atoms with Crippen molar-refractivity contribution in [1.82, 2.24) is 4.90 Å². The van der Waals surface area contributed by atoms with Gasteiger partial charge >= 0.3 is 0 Å². The maximum Gasteiger partial charge on any atom is 0.293 e. The molecule has 2 amide bonds. The fraction of sp³-hybridized carbons (Fsp3) is 0.120. The van der Waals surface area contributed by atoms with E-state index in [1.165, 1.54) is 27.8 Å². The lowest BCUT2D eigenvalue weighted by molar-refractivity contribution is -0.123. The van der Waals surface area contributed by atoms with E-state index in [1.54, 1.807) is 6.08 Å². The van der Waals surface area contributed by atoms with Gasteiger partial charge in [0.05, 0.1) is 11.4 Å². The number of benzene rings is 3. The summed E-state index contributed by atoms with van der Waals surface area (Å²) in [6.45, 7) is 0.712. The lowest BCUT2D eigenvalue weighted by Gasteiger charge is -2.13. The molecule has 1 aliphatic heterocycles. The number of thioether (sulfide) groups is 1. The molecule has 3 aromatic carbocycles. The number of rotatable bonds is 8. The second kappa shape index (κ2) is 10.8. The summed E-state index contributed by atoms with van der Waals surface area (Å²) in [6.07, 6.45) is 1.69. The maximum atomic E-state index is 13.0. The van der Waals surface area contributed by atoms with Crippen molar-refractivity contribution in [3.05, 3.63) is 98.2 Å². The van der Waals surface area contributed by atoms with Crippen LogP contribution in [-0.4, -0.2) is 29.2 Å². The summed E-state index contributed by atoms with van der Waals surface area (Å²) in [5, 5.41) is -0.341. The molecule has 0 radical (unpaired) electrons. The molecule has 1 heterocycles. The van der Waals surface area contributed by atoms with E-state index in [1.807, 2.05) is 48.5 Å². The Morgan fingerprint density at radius 3 is 2.21 bits per heavy atom. The van der Waals surface area contributed by atoms with Crippen LogP contribution in [-0.2, 0) is 11.4 Å². The van der Waals surface area contributed by atoms with Crippen LogP contribution in [0.1, 0.15) is 11.1 Å². The molecule has 0 aromatic heterocycles. The van der Waals surface area contributed by atoms with Gasteiger partial charge < -0.3 is 9.47 Å². The third kappa shape index (κ3) is 6.35. The summed E-state index contributed by atoms with van der Waals surface area (Å²) in [5.41, 5.74) is 1.88. The molecular weight excluding hydrogens is 556 g/mol. The molecule has 0 spiro atoms. The van der Waals surface area contributed by atoms with Gasteiger partial charge in [0.1, 0.15) is 30.5 Å². The largest absolute Gasteiger partial charge is 0.492 e. The van der Waals surface area contributed by atoms with Gasteiger partial charge in [-0.15, -0.1) is 0 Å². The Morgan fingerprint density at radius 1 is 0.879 bits per heavy atom. The Kier molecular flexibility index (Phi) is 7.66. The Balaban J connectivity index is 1.31. The molecule has 0 atom stereocenters. The molecule has 0 N–H and O–H groups in total. The Labute approximate surface area is 208 Å². The smallest absolute Gasteiger partial charge is 0.293 e. The fourth-order valence-corrected chi connectivity index (χ4v) is 4.26. The summed E-state index contributed by atoms with van der Waals surface area (Å²) in [7, 11) is 0. The first kappa shape index (κ1) is 23.3. The molecule has 0 unspecified atom stereocenters. The van der Waals surface area contributed by atoms with Crippen molar-refractivity contribution in [2.45, 2.75) is 6.61 Å². The number of imide groups is 1. The third-order valence-electron chi connectivity index (χ3n) is 4.77. The molecule has 1 saturated heterocycles. The van der Waals surface area contributed by atoms with Crippen molar-refractivity contribution in [3.8, 4) is 11.5 Å². The number of hydrogen-bond donors (Lipinski definition) is 0. The number of halogens is 2. The monoisotopic (exact) mass is 575 g/mol. The van der Waals surface area contributed by atoms with Crippen LogP contribution in [0.2, 0.25) is 0 Å². The summed E-state index contributed by atoms with van der Waals surface area (Å²) < 4.78 is 25.4. The molecule has 3 aromatic rings. The summed E-state index contributed by atoms with van der Waals surface area (Å²) in [6, 6.07) is 21.0. The van der Waals surface area contributed by atoms with Crippen LogP contribution in [0.15, 0.2) is 77.7 Å². The fourth-order valence-electron chi connectivity index (χ4n) is 3.04. The number of carbonyl (C=O) groups excluding carboxylic acids is 2. The Bertz CT molecular complexity index is 1160. The maximum absolute atomic E-state index is 13.0. The predicted octanol–water partition coefficient (Wildman–Crippen LogP) is 6.12. The molecule has 5 nitrogen and oxygen atoms in total. The van der Waals surface area contributed by atoms with Gasteiger partial charge in [0.15, 0.2) is 0 Å². The van der Waals surface area contributed by atoms with E-state index >= 15 is 0 Å². The Hall–Kier alpha value is -2.85. The zero-order valence-electron chi connectivity index (χ0n) is 17.4. The van der Waals surface area contributed by atoms with Crippen molar-refractivity contribution in [2.75, 3.05) is 13.2 Å². The quantitative estimate of drug-likeness (QED) is 0.239. The first-order valence-electron chi connectivity index (χ1n) is 10.1. The molecule has 0 aliphatic carbocycles. The van der Waals surface area contributed by atoms with Crippen molar-refractivity contribution >= 4 is 51.6 Å². The molecule has 0 saturated carbocycles. The minimum Gasteiger partial charge on any atom is -0.492 e. The lowest BCUT2D eigenvalue weighted by Crippen LogP contribution is -2.32. The van der Waals surface area contributed by atoms with Gasteiger partial charge in [-0.1, -0.05) is 24.3 Å². The van der Waals surface area contributed by atoms with Crippen LogP contribution in [0.5, 0.6) is 11.5 Å². The highest BCUT2D eigenvalue weighted by molar-refractivity contribution is 14.1. The van der Waals surface area contributed by atoms with E-state index in [0.717, 1.165) is 33.5 Å². The topological polar surface area (TPSA) is 55.8 Å². The van der Waals surface area contributed by atoms with Crippen LogP contribution in [0, 0.1) is 9.39 Å². The van der Waals surface area contributed by atoms with Crippen molar-refractivity contribution in [1.29, 1.82) is 0 Å². The van der Waals surface area contributed by atoms with Crippen LogP contribution in [0.25, 0.3) is 6.08 Å². The summed E-state index contributed by atoms with van der Waals surface area (Å²) in [5.74, 6) is 0.482. The second-order valence-corrected chi connectivity index (χ2v) is 9.36. The zero-order chi connectivity index (χ0) is 23.2. The first-order valence-corrected chi connectivity index (χ1v) is 12.0. The number of nitrogens with zero attached hydrogens (tertiary/aromatic N) is 1.